The Morgan fingerprint density at radius 2 is 2.08 bits per heavy atom. The SMILES string of the molecule is Brc1cncc(-c2cn[nH]c2)c1. The monoisotopic (exact) mass is 223 g/mol. The Morgan fingerprint density at radius 1 is 1.17 bits per heavy atom. The van der Waals surface area contributed by atoms with E-state index in [4.69, 9.17) is 0 Å². The van der Waals surface area contributed by atoms with Crippen molar-refractivity contribution < 1.29 is 0 Å². The van der Waals surface area contributed by atoms with Crippen LogP contribution in [0, 0.1) is 0 Å². The molecule has 0 aliphatic rings. The number of aromatic nitrogens is 3. The average molecular weight is 224 g/mol. The normalized spacial score (nSPS) is 10.1. The van der Waals surface area contributed by atoms with E-state index in [1.807, 2.05) is 12.3 Å². The van der Waals surface area contributed by atoms with E-state index >= 15 is 0 Å². The molecule has 0 spiro atoms. The van der Waals surface area contributed by atoms with Crippen molar-refractivity contribution in [3.8, 4) is 11.1 Å². The Hall–Kier alpha value is -1.16. The van der Waals surface area contributed by atoms with Gasteiger partial charge in [0.2, 0.25) is 0 Å². The Morgan fingerprint density at radius 3 is 2.75 bits per heavy atom. The molecule has 2 heterocycles. The molecule has 0 aliphatic heterocycles. The highest BCUT2D eigenvalue weighted by Crippen LogP contribution is 2.19. The summed E-state index contributed by atoms with van der Waals surface area (Å²) >= 11 is 3.35. The summed E-state index contributed by atoms with van der Waals surface area (Å²) in [6.45, 7) is 0. The van der Waals surface area contributed by atoms with Gasteiger partial charge in [-0.2, -0.15) is 5.10 Å². The minimum absolute atomic E-state index is 0.973. The summed E-state index contributed by atoms with van der Waals surface area (Å²) in [5.74, 6) is 0. The van der Waals surface area contributed by atoms with E-state index in [-0.39, 0.29) is 0 Å². The molecule has 3 nitrogen and oxygen atoms in total. The second kappa shape index (κ2) is 3.06. The molecule has 12 heavy (non-hydrogen) atoms. The van der Waals surface area contributed by atoms with Gasteiger partial charge in [0.25, 0.3) is 0 Å². The predicted octanol–water partition coefficient (Wildman–Crippen LogP) is 2.23. The molecule has 0 fully saturated rings. The van der Waals surface area contributed by atoms with Gasteiger partial charge in [-0.3, -0.25) is 10.1 Å². The van der Waals surface area contributed by atoms with E-state index in [1.165, 1.54) is 0 Å². The average Bonchev–Trinajstić information content (AvgIpc) is 2.56. The standard InChI is InChI=1S/C8H6BrN3/c9-8-1-6(2-10-5-8)7-3-11-12-4-7/h1-5H,(H,11,12). The molecule has 0 aliphatic carbocycles. The fourth-order valence-electron chi connectivity index (χ4n) is 0.978. The number of aromatic amines is 1. The third kappa shape index (κ3) is 1.38. The van der Waals surface area contributed by atoms with E-state index in [0.717, 1.165) is 15.6 Å². The fourth-order valence-corrected chi connectivity index (χ4v) is 1.34. The van der Waals surface area contributed by atoms with Crippen LogP contribution in [0.15, 0.2) is 35.3 Å². The van der Waals surface area contributed by atoms with Crippen molar-refractivity contribution in [3.63, 3.8) is 0 Å². The van der Waals surface area contributed by atoms with Gasteiger partial charge in [0, 0.05) is 34.2 Å². The van der Waals surface area contributed by atoms with Gasteiger partial charge >= 0.3 is 0 Å². The van der Waals surface area contributed by atoms with Crippen LogP contribution in [0.1, 0.15) is 0 Å². The number of rotatable bonds is 1. The smallest absolute Gasteiger partial charge is 0.0566 e. The van der Waals surface area contributed by atoms with Crippen molar-refractivity contribution in [2.45, 2.75) is 0 Å². The first kappa shape index (κ1) is 7.49. The van der Waals surface area contributed by atoms with Crippen LogP contribution in [0.25, 0.3) is 11.1 Å². The summed E-state index contributed by atoms with van der Waals surface area (Å²) in [6, 6.07) is 2.00. The maximum Gasteiger partial charge on any atom is 0.0566 e. The summed E-state index contributed by atoms with van der Waals surface area (Å²) < 4.78 is 0.973. The van der Waals surface area contributed by atoms with Gasteiger partial charge in [-0.15, -0.1) is 0 Å². The van der Waals surface area contributed by atoms with Gasteiger partial charge in [0.05, 0.1) is 6.20 Å². The van der Waals surface area contributed by atoms with Crippen molar-refractivity contribution in [3.05, 3.63) is 35.3 Å². The second-order valence-corrected chi connectivity index (χ2v) is 3.29. The van der Waals surface area contributed by atoms with Crippen LogP contribution in [0.5, 0.6) is 0 Å². The van der Waals surface area contributed by atoms with E-state index < -0.39 is 0 Å². The fraction of sp³-hybridized carbons (Fsp3) is 0. The highest BCUT2D eigenvalue weighted by molar-refractivity contribution is 9.10. The molecule has 0 aromatic carbocycles. The first-order chi connectivity index (χ1) is 5.86. The molecule has 0 unspecified atom stereocenters. The zero-order chi connectivity index (χ0) is 8.39. The highest BCUT2D eigenvalue weighted by Gasteiger charge is 1.98. The van der Waals surface area contributed by atoms with Crippen molar-refractivity contribution in [1.82, 2.24) is 15.2 Å². The molecule has 2 rings (SSSR count). The molecule has 2 aromatic heterocycles. The van der Waals surface area contributed by atoms with Crippen LogP contribution in [-0.2, 0) is 0 Å². The van der Waals surface area contributed by atoms with Crippen LogP contribution < -0.4 is 0 Å². The maximum absolute atomic E-state index is 4.05. The molecule has 0 atom stereocenters. The van der Waals surface area contributed by atoms with Crippen molar-refractivity contribution in [1.29, 1.82) is 0 Å². The second-order valence-electron chi connectivity index (χ2n) is 2.38. The summed E-state index contributed by atoms with van der Waals surface area (Å²) in [6.07, 6.45) is 7.16. The minimum atomic E-state index is 0.973. The molecular formula is C8H6BrN3. The lowest BCUT2D eigenvalue weighted by atomic mass is 10.2. The molecule has 0 radical (unpaired) electrons. The number of halogens is 1. The Balaban J connectivity index is 2.48. The van der Waals surface area contributed by atoms with Crippen LogP contribution in [0.4, 0.5) is 0 Å². The lowest BCUT2D eigenvalue weighted by Crippen LogP contribution is -1.76. The zero-order valence-electron chi connectivity index (χ0n) is 6.16. The van der Waals surface area contributed by atoms with Gasteiger partial charge < -0.3 is 0 Å². The quantitative estimate of drug-likeness (QED) is 0.806. The number of nitrogens with one attached hydrogen (secondary N) is 1. The molecule has 4 heteroatoms. The Labute approximate surface area is 78.0 Å². The summed E-state index contributed by atoms with van der Waals surface area (Å²) in [5, 5.41) is 6.61. The Kier molecular flexibility index (Phi) is 1.91. The van der Waals surface area contributed by atoms with Gasteiger partial charge in [-0.25, -0.2) is 0 Å². The summed E-state index contributed by atoms with van der Waals surface area (Å²) in [5.41, 5.74) is 2.10. The molecule has 0 saturated carbocycles. The van der Waals surface area contributed by atoms with Crippen LogP contribution >= 0.6 is 15.9 Å². The van der Waals surface area contributed by atoms with Gasteiger partial charge in [0.1, 0.15) is 0 Å². The van der Waals surface area contributed by atoms with Crippen molar-refractivity contribution in [2.75, 3.05) is 0 Å². The molecule has 1 N–H and O–H groups in total. The topological polar surface area (TPSA) is 41.6 Å². The predicted molar refractivity (Wildman–Crippen MR) is 49.5 cm³/mol. The van der Waals surface area contributed by atoms with Gasteiger partial charge in [-0.1, -0.05) is 0 Å². The molecule has 60 valence electrons. The van der Waals surface area contributed by atoms with Gasteiger partial charge in [-0.05, 0) is 22.0 Å². The third-order valence-electron chi connectivity index (χ3n) is 1.54. The van der Waals surface area contributed by atoms with Crippen LogP contribution in [0.2, 0.25) is 0 Å². The number of H-pyrrole nitrogens is 1. The van der Waals surface area contributed by atoms with Crippen molar-refractivity contribution >= 4 is 15.9 Å². The van der Waals surface area contributed by atoms with Gasteiger partial charge in [0.15, 0.2) is 0 Å². The molecule has 0 amide bonds. The van der Waals surface area contributed by atoms with Crippen LogP contribution in [-0.4, -0.2) is 15.2 Å². The maximum atomic E-state index is 4.05. The molecule has 2 aromatic rings. The summed E-state index contributed by atoms with van der Waals surface area (Å²) in [4.78, 5) is 4.05. The minimum Gasteiger partial charge on any atom is -0.285 e. The summed E-state index contributed by atoms with van der Waals surface area (Å²) in [7, 11) is 0. The van der Waals surface area contributed by atoms with Crippen molar-refractivity contribution in [2.24, 2.45) is 0 Å². The first-order valence-electron chi connectivity index (χ1n) is 3.46. The van der Waals surface area contributed by atoms with E-state index in [1.54, 1.807) is 18.6 Å². The first-order valence-corrected chi connectivity index (χ1v) is 4.25. The number of hydrogen-bond donors (Lipinski definition) is 1. The van der Waals surface area contributed by atoms with Crippen LogP contribution in [0.3, 0.4) is 0 Å². The van der Waals surface area contributed by atoms with E-state index in [2.05, 4.69) is 31.1 Å². The van der Waals surface area contributed by atoms with E-state index in [9.17, 15) is 0 Å². The third-order valence-corrected chi connectivity index (χ3v) is 1.97. The number of nitrogens with zero attached hydrogens (tertiary/aromatic N) is 2. The molecule has 0 bridgehead atoms. The number of pyridine rings is 1. The zero-order valence-corrected chi connectivity index (χ0v) is 7.75. The highest BCUT2D eigenvalue weighted by atomic mass is 79.9. The largest absolute Gasteiger partial charge is 0.285 e. The molecular weight excluding hydrogens is 218 g/mol. The van der Waals surface area contributed by atoms with E-state index in [0.29, 0.717) is 0 Å². The lowest BCUT2D eigenvalue weighted by molar-refractivity contribution is 1.09. The lowest BCUT2D eigenvalue weighted by Gasteiger charge is -1.95. The Bertz CT molecular complexity index is 370. The number of hydrogen-bond acceptors (Lipinski definition) is 2. The molecule has 0 saturated heterocycles.